The average molecular weight is 565 g/mol. The summed E-state index contributed by atoms with van der Waals surface area (Å²) in [4.78, 5) is 21.3. The molecule has 2 heterocycles. The first-order valence-corrected chi connectivity index (χ1v) is 13.3. The average Bonchev–Trinajstić information content (AvgIpc) is 3.57. The molecule has 10 nitrogen and oxygen atoms in total. The molecule has 210 valence electrons. The largest absolute Gasteiger partial charge is 0.494 e. The lowest BCUT2D eigenvalue weighted by Crippen LogP contribution is -2.44. The Hall–Kier alpha value is -4.18. The van der Waals surface area contributed by atoms with Gasteiger partial charge in [0.15, 0.2) is 0 Å². The van der Waals surface area contributed by atoms with Gasteiger partial charge in [-0.05, 0) is 45.7 Å². The fourth-order valence-electron chi connectivity index (χ4n) is 4.43. The number of para-hydroxylation sites is 1. The molecule has 1 saturated carbocycles. The third-order valence-electron chi connectivity index (χ3n) is 6.60. The molecule has 0 radical (unpaired) electrons. The van der Waals surface area contributed by atoms with Crippen molar-refractivity contribution in [3.63, 3.8) is 0 Å². The van der Waals surface area contributed by atoms with Crippen molar-refractivity contribution < 1.29 is 19.0 Å². The van der Waals surface area contributed by atoms with Crippen molar-refractivity contribution in [2.75, 3.05) is 24.8 Å². The van der Waals surface area contributed by atoms with Crippen molar-refractivity contribution in [2.24, 2.45) is 7.05 Å². The lowest BCUT2D eigenvalue weighted by atomic mass is 10.1. The number of nitrogens with one attached hydrogen (secondary N) is 2. The molecule has 0 bridgehead atoms. The number of carbonyl (C=O) groups excluding carboxylic acids is 1. The minimum absolute atomic E-state index is 0.251. The topological polar surface area (TPSA) is 126 Å². The number of benzene rings is 2. The van der Waals surface area contributed by atoms with E-state index in [0.717, 1.165) is 29.3 Å². The number of alkyl carbamates (subject to hydrolysis) is 1. The maximum Gasteiger partial charge on any atom is 0.408 e. The van der Waals surface area contributed by atoms with Crippen LogP contribution in [0.25, 0.3) is 22.2 Å². The van der Waals surface area contributed by atoms with Crippen LogP contribution in [0.5, 0.6) is 11.5 Å². The van der Waals surface area contributed by atoms with Crippen LogP contribution in [0.15, 0.2) is 48.8 Å². The molecule has 1 amide bonds. The normalized spacial score (nSPS) is 14.1. The highest BCUT2D eigenvalue weighted by Gasteiger charge is 2.46. The van der Waals surface area contributed by atoms with Gasteiger partial charge in [0.2, 0.25) is 5.95 Å². The molecule has 0 aliphatic heterocycles. The predicted octanol–water partition coefficient (Wildman–Crippen LogP) is 6.06. The van der Waals surface area contributed by atoms with E-state index in [9.17, 15) is 4.79 Å². The molecule has 11 heteroatoms. The summed E-state index contributed by atoms with van der Waals surface area (Å²) in [6, 6.07) is 11.5. The van der Waals surface area contributed by atoms with E-state index in [1.807, 2.05) is 62.8 Å². The summed E-state index contributed by atoms with van der Waals surface area (Å²) in [6.07, 6.45) is 4.67. The van der Waals surface area contributed by atoms with Crippen molar-refractivity contribution in [3.8, 4) is 22.8 Å². The minimum atomic E-state index is -0.578. The summed E-state index contributed by atoms with van der Waals surface area (Å²) in [5.41, 5.74) is 8.82. The van der Waals surface area contributed by atoms with Gasteiger partial charge in [-0.25, -0.2) is 14.8 Å². The number of hydrogen-bond donors (Lipinski definition) is 3. The molecule has 1 fully saturated rings. The first-order valence-electron chi connectivity index (χ1n) is 12.9. The molecule has 1 aliphatic carbocycles. The van der Waals surface area contributed by atoms with Crippen molar-refractivity contribution in [1.29, 1.82) is 0 Å². The number of aryl methyl sites for hydroxylation is 1. The molecule has 4 N–H and O–H groups in total. The van der Waals surface area contributed by atoms with Gasteiger partial charge in [0, 0.05) is 35.8 Å². The maximum atomic E-state index is 12.2. The highest BCUT2D eigenvalue weighted by atomic mass is 35.5. The van der Waals surface area contributed by atoms with Gasteiger partial charge >= 0.3 is 6.09 Å². The fourth-order valence-corrected chi connectivity index (χ4v) is 4.62. The summed E-state index contributed by atoms with van der Waals surface area (Å²) in [6.45, 7) is 5.72. The van der Waals surface area contributed by atoms with Crippen molar-refractivity contribution in [1.82, 2.24) is 19.9 Å². The van der Waals surface area contributed by atoms with E-state index in [0.29, 0.717) is 39.5 Å². The number of hydrogen-bond acceptors (Lipinski definition) is 8. The number of halogens is 1. The SMILES string of the molecule is COc1cc(OCC2(NC(=O)OC(C)(C)C)CC2)c(N)cc1Nc1ncc(Cl)c(-c2cn(C)c3ccccc23)n1. The van der Waals surface area contributed by atoms with E-state index in [1.54, 1.807) is 25.4 Å². The Labute approximate surface area is 237 Å². The maximum absolute atomic E-state index is 12.2. The monoisotopic (exact) mass is 564 g/mol. The van der Waals surface area contributed by atoms with Crippen LogP contribution in [-0.4, -0.2) is 45.5 Å². The highest BCUT2D eigenvalue weighted by molar-refractivity contribution is 6.33. The predicted molar refractivity (Wildman–Crippen MR) is 156 cm³/mol. The molecule has 2 aromatic heterocycles. The number of amides is 1. The van der Waals surface area contributed by atoms with E-state index in [-0.39, 0.29) is 6.61 Å². The van der Waals surface area contributed by atoms with Crippen molar-refractivity contribution in [2.45, 2.75) is 44.8 Å². The Bertz CT molecular complexity index is 1580. The van der Waals surface area contributed by atoms with E-state index in [4.69, 9.17) is 36.5 Å². The van der Waals surface area contributed by atoms with Crippen LogP contribution in [0.4, 0.5) is 22.1 Å². The van der Waals surface area contributed by atoms with Gasteiger partial charge < -0.3 is 35.1 Å². The summed E-state index contributed by atoms with van der Waals surface area (Å²) in [7, 11) is 3.53. The number of carbonyl (C=O) groups is 1. The molecule has 0 atom stereocenters. The van der Waals surface area contributed by atoms with Gasteiger partial charge in [-0.1, -0.05) is 29.8 Å². The number of aromatic nitrogens is 3. The molecule has 2 aromatic carbocycles. The molecule has 40 heavy (non-hydrogen) atoms. The lowest BCUT2D eigenvalue weighted by molar-refractivity contribution is 0.0477. The van der Waals surface area contributed by atoms with Gasteiger partial charge in [0.25, 0.3) is 0 Å². The third kappa shape index (κ3) is 5.86. The fraction of sp³-hybridized carbons (Fsp3) is 0.345. The number of ether oxygens (including phenoxy) is 3. The van der Waals surface area contributed by atoms with Crippen LogP contribution in [-0.2, 0) is 11.8 Å². The third-order valence-corrected chi connectivity index (χ3v) is 6.87. The van der Waals surface area contributed by atoms with E-state index in [2.05, 4.69) is 15.6 Å². The van der Waals surface area contributed by atoms with E-state index in [1.165, 1.54) is 0 Å². The van der Waals surface area contributed by atoms with Gasteiger partial charge in [-0.3, -0.25) is 0 Å². The second kappa shape index (κ2) is 10.4. The van der Waals surface area contributed by atoms with Crippen LogP contribution in [0, 0.1) is 0 Å². The Balaban J connectivity index is 1.34. The zero-order chi connectivity index (χ0) is 28.7. The van der Waals surface area contributed by atoms with Crippen LogP contribution in [0.3, 0.4) is 0 Å². The number of anilines is 3. The number of fused-ring (bicyclic) bond motifs is 1. The van der Waals surface area contributed by atoms with Gasteiger partial charge in [-0.2, -0.15) is 0 Å². The van der Waals surface area contributed by atoms with Gasteiger partial charge in [-0.15, -0.1) is 0 Å². The van der Waals surface area contributed by atoms with E-state index < -0.39 is 17.2 Å². The minimum Gasteiger partial charge on any atom is -0.494 e. The highest BCUT2D eigenvalue weighted by Crippen LogP contribution is 2.40. The van der Waals surface area contributed by atoms with Gasteiger partial charge in [0.05, 0.1) is 40.9 Å². The Morgan fingerprint density at radius 1 is 1.20 bits per heavy atom. The lowest BCUT2D eigenvalue weighted by Gasteiger charge is -2.24. The van der Waals surface area contributed by atoms with Crippen LogP contribution >= 0.6 is 11.6 Å². The van der Waals surface area contributed by atoms with Crippen LogP contribution in [0.2, 0.25) is 5.02 Å². The van der Waals surface area contributed by atoms with Crippen molar-refractivity contribution >= 4 is 45.9 Å². The number of rotatable bonds is 8. The quantitative estimate of drug-likeness (QED) is 0.220. The molecule has 0 unspecified atom stereocenters. The zero-order valence-corrected chi connectivity index (χ0v) is 23.9. The summed E-state index contributed by atoms with van der Waals surface area (Å²) in [5, 5.41) is 7.59. The smallest absolute Gasteiger partial charge is 0.408 e. The molecule has 0 saturated heterocycles. The number of methoxy groups -OCH3 is 1. The summed E-state index contributed by atoms with van der Waals surface area (Å²) in [5.74, 6) is 1.25. The van der Waals surface area contributed by atoms with Gasteiger partial charge in [0.1, 0.15) is 23.7 Å². The number of nitrogens with zero attached hydrogens (tertiary/aromatic N) is 3. The zero-order valence-electron chi connectivity index (χ0n) is 23.2. The Kier molecular flexibility index (Phi) is 7.14. The molecular formula is C29H33ClN6O4. The molecule has 4 aromatic rings. The Morgan fingerprint density at radius 3 is 2.65 bits per heavy atom. The second-order valence-corrected chi connectivity index (χ2v) is 11.4. The first kappa shape index (κ1) is 27.4. The van der Waals surface area contributed by atoms with E-state index >= 15 is 0 Å². The molecule has 1 aliphatic rings. The van der Waals surface area contributed by atoms with Crippen LogP contribution < -0.4 is 25.8 Å². The number of nitrogens with two attached hydrogens (primary N) is 1. The molecule has 0 spiro atoms. The molecule has 5 rings (SSSR count). The first-order chi connectivity index (χ1) is 19.0. The number of nitrogen functional groups attached to an aromatic ring is 1. The molecular weight excluding hydrogens is 532 g/mol. The van der Waals surface area contributed by atoms with Crippen molar-refractivity contribution in [3.05, 3.63) is 53.8 Å². The summed E-state index contributed by atoms with van der Waals surface area (Å²) >= 11 is 6.53. The van der Waals surface area contributed by atoms with Crippen LogP contribution in [0.1, 0.15) is 33.6 Å². The second-order valence-electron chi connectivity index (χ2n) is 11.0. The standard InChI is InChI=1S/C29H33ClN6O4/c1-28(2,3)40-27(37)35-29(10-11-29)16-39-23-13-24(38-5)21(12-20(23)31)33-26-32-14-19(30)25(34-26)18-15-36(4)22-9-7-6-8-17(18)22/h6-9,12-15H,10-11,16,31H2,1-5H3,(H,35,37)(H,32,33,34). The Morgan fingerprint density at radius 2 is 1.95 bits per heavy atom. The summed E-state index contributed by atoms with van der Waals surface area (Å²) < 4.78 is 19.1.